The van der Waals surface area contributed by atoms with Gasteiger partial charge in [-0.15, -0.1) is 0 Å². The zero-order valence-corrected chi connectivity index (χ0v) is 18.5. The van der Waals surface area contributed by atoms with Gasteiger partial charge in [-0.25, -0.2) is 4.68 Å². The maximum Gasteiger partial charge on any atom is 0.277 e. The van der Waals surface area contributed by atoms with Gasteiger partial charge in [-0.3, -0.25) is 9.48 Å². The molecule has 1 amide bonds. The van der Waals surface area contributed by atoms with E-state index in [1.807, 2.05) is 0 Å². The second-order valence-corrected chi connectivity index (χ2v) is 7.56. The van der Waals surface area contributed by atoms with E-state index in [0.717, 1.165) is 11.3 Å². The number of methoxy groups -OCH3 is 1. The van der Waals surface area contributed by atoms with Crippen LogP contribution in [0.25, 0.3) is 0 Å². The summed E-state index contributed by atoms with van der Waals surface area (Å²) in [5, 5.41) is 12.4. The van der Waals surface area contributed by atoms with Crippen LogP contribution in [0.4, 0.5) is 5.82 Å². The lowest BCUT2D eigenvalue weighted by Crippen LogP contribution is -2.15. The average molecular weight is 472 g/mol. The van der Waals surface area contributed by atoms with E-state index >= 15 is 0 Å². The van der Waals surface area contributed by atoms with Crippen LogP contribution in [0.3, 0.4) is 0 Å². The summed E-state index contributed by atoms with van der Waals surface area (Å²) in [4.78, 5) is 12.5. The van der Waals surface area contributed by atoms with Crippen LogP contribution in [0.2, 0.25) is 10.0 Å². The highest BCUT2D eigenvalue weighted by Gasteiger charge is 2.13. The highest BCUT2D eigenvalue weighted by Crippen LogP contribution is 2.25. The molecule has 0 aliphatic carbocycles. The fraction of sp³-hybridized carbons (Fsp3) is 0.136. The van der Waals surface area contributed by atoms with Crippen LogP contribution in [0.15, 0.2) is 67.0 Å². The van der Waals surface area contributed by atoms with Gasteiger partial charge in [0.1, 0.15) is 11.5 Å². The third-order valence-electron chi connectivity index (χ3n) is 4.56. The first kappa shape index (κ1) is 21.7. The van der Waals surface area contributed by atoms with Gasteiger partial charge in [0.25, 0.3) is 5.91 Å². The van der Waals surface area contributed by atoms with E-state index in [4.69, 9.17) is 32.7 Å². The van der Waals surface area contributed by atoms with Gasteiger partial charge in [0, 0.05) is 34.1 Å². The Balaban J connectivity index is 1.34. The summed E-state index contributed by atoms with van der Waals surface area (Å²) in [5.41, 5.74) is 0.999. The van der Waals surface area contributed by atoms with Crippen molar-refractivity contribution in [2.45, 2.75) is 13.3 Å². The van der Waals surface area contributed by atoms with Gasteiger partial charge in [0.15, 0.2) is 18.2 Å². The van der Waals surface area contributed by atoms with Crippen molar-refractivity contribution in [3.63, 3.8) is 0 Å². The molecule has 0 spiro atoms. The first-order valence-electron chi connectivity index (χ1n) is 9.60. The van der Waals surface area contributed by atoms with Crippen molar-refractivity contribution in [3.05, 3.63) is 88.3 Å². The predicted molar refractivity (Wildman–Crippen MR) is 122 cm³/mol. The Bertz CT molecular complexity index is 1200. The lowest BCUT2D eigenvalue weighted by Gasteiger charge is -2.07. The Morgan fingerprint density at radius 2 is 1.62 bits per heavy atom. The lowest BCUT2D eigenvalue weighted by molar-refractivity contribution is 0.101. The highest BCUT2D eigenvalue weighted by atomic mass is 35.5. The third-order valence-corrected chi connectivity index (χ3v) is 5.27. The van der Waals surface area contributed by atoms with Crippen molar-refractivity contribution >= 4 is 34.9 Å². The summed E-state index contributed by atoms with van der Waals surface area (Å²) in [7, 11) is 1.60. The number of anilines is 1. The van der Waals surface area contributed by atoms with E-state index in [2.05, 4.69) is 15.5 Å². The second-order valence-electron chi connectivity index (χ2n) is 6.74. The molecule has 0 saturated heterocycles. The molecular formula is C22H19Cl2N5O3. The number of aromatic nitrogens is 4. The van der Waals surface area contributed by atoms with Crippen LogP contribution < -0.4 is 14.8 Å². The van der Waals surface area contributed by atoms with Gasteiger partial charge in [-0.2, -0.15) is 10.2 Å². The molecule has 164 valence electrons. The minimum Gasteiger partial charge on any atom is -0.497 e. The number of nitrogens with zero attached hydrogens (tertiary/aromatic N) is 4. The molecule has 4 aromatic rings. The predicted octanol–water partition coefficient (Wildman–Crippen LogP) is 4.73. The zero-order valence-electron chi connectivity index (χ0n) is 17.0. The number of benzene rings is 2. The van der Waals surface area contributed by atoms with Crippen molar-refractivity contribution in [1.82, 2.24) is 19.6 Å². The molecule has 0 atom stereocenters. The van der Waals surface area contributed by atoms with Gasteiger partial charge in [-0.05, 0) is 42.5 Å². The van der Waals surface area contributed by atoms with Crippen molar-refractivity contribution in [1.29, 1.82) is 0 Å². The number of nitrogens with one attached hydrogen (secondary N) is 1. The van der Waals surface area contributed by atoms with E-state index in [-0.39, 0.29) is 18.3 Å². The molecule has 0 radical (unpaired) electrons. The van der Waals surface area contributed by atoms with E-state index in [1.54, 1.807) is 78.8 Å². The minimum atomic E-state index is -0.380. The number of hydrogen-bond donors (Lipinski definition) is 1. The molecule has 1 N–H and O–H groups in total. The Morgan fingerprint density at radius 3 is 2.34 bits per heavy atom. The van der Waals surface area contributed by atoms with Crippen LogP contribution in [-0.4, -0.2) is 32.6 Å². The van der Waals surface area contributed by atoms with Crippen LogP contribution >= 0.6 is 23.2 Å². The summed E-state index contributed by atoms with van der Waals surface area (Å²) in [6, 6.07) is 15.8. The smallest absolute Gasteiger partial charge is 0.277 e. The molecule has 2 aromatic heterocycles. The van der Waals surface area contributed by atoms with E-state index in [9.17, 15) is 4.79 Å². The van der Waals surface area contributed by atoms with E-state index < -0.39 is 0 Å². The van der Waals surface area contributed by atoms with Gasteiger partial charge >= 0.3 is 0 Å². The Labute approximate surface area is 194 Å². The molecule has 8 nitrogen and oxygen atoms in total. The maximum atomic E-state index is 12.5. The van der Waals surface area contributed by atoms with Gasteiger partial charge in [0.05, 0.1) is 13.7 Å². The minimum absolute atomic E-state index is 0.160. The summed E-state index contributed by atoms with van der Waals surface area (Å²) < 4.78 is 13.9. The topological polar surface area (TPSA) is 83.2 Å². The zero-order chi connectivity index (χ0) is 22.5. The molecule has 4 rings (SSSR count). The first-order valence-corrected chi connectivity index (χ1v) is 10.4. The third kappa shape index (κ3) is 5.22. The first-order chi connectivity index (χ1) is 15.5. The van der Waals surface area contributed by atoms with E-state index in [0.29, 0.717) is 28.2 Å². The normalized spacial score (nSPS) is 10.7. The number of carbonyl (C=O) groups excluding carboxylic acids is 1. The SMILES string of the molecule is COc1ccc(OCn2ccc(C(=O)Nc3ccn(Cc4c(Cl)cccc4Cl)n3)n2)cc1. The lowest BCUT2D eigenvalue weighted by atomic mass is 10.2. The molecule has 0 aliphatic heterocycles. The number of rotatable bonds is 8. The molecule has 2 aromatic carbocycles. The largest absolute Gasteiger partial charge is 0.497 e. The molecule has 0 saturated carbocycles. The van der Waals surface area contributed by atoms with Gasteiger partial charge in [0.2, 0.25) is 0 Å². The average Bonchev–Trinajstić information content (AvgIpc) is 3.45. The summed E-state index contributed by atoms with van der Waals surface area (Å²) >= 11 is 12.4. The molecule has 0 unspecified atom stereocenters. The number of hydrogen-bond acceptors (Lipinski definition) is 5. The van der Waals surface area contributed by atoms with Crippen LogP contribution in [-0.2, 0) is 13.3 Å². The highest BCUT2D eigenvalue weighted by molar-refractivity contribution is 6.35. The van der Waals surface area contributed by atoms with E-state index in [1.165, 1.54) is 4.68 Å². The van der Waals surface area contributed by atoms with Crippen molar-refractivity contribution in [2.24, 2.45) is 0 Å². The Morgan fingerprint density at radius 1 is 0.938 bits per heavy atom. The molecule has 0 aliphatic rings. The fourth-order valence-electron chi connectivity index (χ4n) is 2.91. The Hall–Kier alpha value is -3.49. The van der Waals surface area contributed by atoms with Crippen LogP contribution in [0.5, 0.6) is 11.5 Å². The van der Waals surface area contributed by atoms with Gasteiger partial charge < -0.3 is 14.8 Å². The number of ether oxygens (including phenoxy) is 2. The second kappa shape index (κ2) is 9.76. The fourth-order valence-corrected chi connectivity index (χ4v) is 3.43. The summed E-state index contributed by atoms with van der Waals surface area (Å²) in [6.07, 6.45) is 3.40. The maximum absolute atomic E-state index is 12.5. The Kier molecular flexibility index (Phi) is 6.63. The molecule has 0 fully saturated rings. The van der Waals surface area contributed by atoms with Crippen molar-refractivity contribution in [3.8, 4) is 11.5 Å². The molecule has 10 heteroatoms. The number of amides is 1. The molecule has 0 bridgehead atoms. The monoisotopic (exact) mass is 471 g/mol. The molecule has 2 heterocycles. The van der Waals surface area contributed by atoms with Crippen LogP contribution in [0.1, 0.15) is 16.1 Å². The molecule has 32 heavy (non-hydrogen) atoms. The summed E-state index contributed by atoms with van der Waals surface area (Å²) in [6.45, 7) is 0.540. The van der Waals surface area contributed by atoms with Crippen molar-refractivity contribution < 1.29 is 14.3 Å². The molecular weight excluding hydrogens is 453 g/mol. The van der Waals surface area contributed by atoms with Crippen molar-refractivity contribution in [2.75, 3.05) is 12.4 Å². The number of carbonyl (C=O) groups is 1. The standard InChI is InChI=1S/C22H19Cl2N5O3/c1-31-15-5-7-16(8-6-15)32-14-29-11-9-20(26-29)22(30)25-21-10-12-28(27-21)13-17-18(23)3-2-4-19(17)24/h2-12H,13-14H2,1H3,(H,25,27,30). The summed E-state index contributed by atoms with van der Waals surface area (Å²) in [5.74, 6) is 1.42. The number of halogens is 2. The van der Waals surface area contributed by atoms with Crippen LogP contribution in [0, 0.1) is 0 Å². The quantitative estimate of drug-likeness (QED) is 0.401. The van der Waals surface area contributed by atoms with Gasteiger partial charge in [-0.1, -0.05) is 29.3 Å².